The molecular formula is C15H24F2N10. The minimum atomic E-state index is -2.76. The van der Waals surface area contributed by atoms with Crippen LogP contribution >= 0.6 is 0 Å². The molecule has 1 aliphatic heterocycles. The molecule has 0 aromatic carbocycles. The van der Waals surface area contributed by atoms with Gasteiger partial charge < -0.3 is 21.3 Å². The average Bonchev–Trinajstić information content (AvgIpc) is 3.11. The number of nitrogens with zero attached hydrogens (tertiary/aromatic N) is 7. The molecule has 27 heavy (non-hydrogen) atoms. The fourth-order valence-corrected chi connectivity index (χ4v) is 2.70. The summed E-state index contributed by atoms with van der Waals surface area (Å²) in [5.41, 5.74) is 6.10. The van der Waals surface area contributed by atoms with Crippen molar-refractivity contribution in [3.05, 3.63) is 5.82 Å². The first kappa shape index (κ1) is 19.0. The van der Waals surface area contributed by atoms with Crippen molar-refractivity contribution in [3.63, 3.8) is 0 Å². The molecule has 1 saturated heterocycles. The SMILES string of the molecule is Cn1nnnc1CNc1nc(NC(C)(C)C)nc(N2CCC(F)(F)C2)c1N. The topological polar surface area (TPSA) is 123 Å². The van der Waals surface area contributed by atoms with Crippen molar-refractivity contribution in [2.45, 2.75) is 45.2 Å². The minimum absolute atomic E-state index is 0.176. The second kappa shape index (κ2) is 6.74. The van der Waals surface area contributed by atoms with Gasteiger partial charge in [0.15, 0.2) is 17.5 Å². The van der Waals surface area contributed by atoms with Gasteiger partial charge in [-0.2, -0.15) is 9.97 Å². The number of aryl methyl sites for hydroxylation is 1. The minimum Gasteiger partial charge on any atom is -0.393 e. The Labute approximate surface area is 155 Å². The van der Waals surface area contributed by atoms with Gasteiger partial charge in [0.1, 0.15) is 5.69 Å². The Hall–Kier alpha value is -2.79. The zero-order valence-electron chi connectivity index (χ0n) is 15.8. The standard InChI is InChI=1S/C15H24F2N10/c1-14(2,3)22-13-20-11(19-7-9-23-24-25-26(9)4)10(18)12(21-13)27-6-5-15(16,17)8-27/h5-8,18H2,1-4H3,(H2,19,20,21,22). The summed E-state index contributed by atoms with van der Waals surface area (Å²) in [6, 6.07) is 0. The van der Waals surface area contributed by atoms with Crippen molar-refractivity contribution in [3.8, 4) is 0 Å². The third-order valence-corrected chi connectivity index (χ3v) is 4.00. The number of halogens is 2. The van der Waals surface area contributed by atoms with E-state index in [4.69, 9.17) is 5.73 Å². The first-order valence-corrected chi connectivity index (χ1v) is 8.58. The maximum atomic E-state index is 13.7. The van der Waals surface area contributed by atoms with Gasteiger partial charge in [0, 0.05) is 25.6 Å². The van der Waals surface area contributed by atoms with Crippen LogP contribution in [0.1, 0.15) is 33.0 Å². The lowest BCUT2D eigenvalue weighted by atomic mass is 10.1. The summed E-state index contributed by atoms with van der Waals surface area (Å²) in [6.07, 6.45) is -0.230. The van der Waals surface area contributed by atoms with Gasteiger partial charge in [0.25, 0.3) is 5.92 Å². The molecule has 3 rings (SSSR count). The van der Waals surface area contributed by atoms with Gasteiger partial charge in [0.05, 0.1) is 13.1 Å². The van der Waals surface area contributed by atoms with Crippen LogP contribution < -0.4 is 21.3 Å². The Morgan fingerprint density at radius 1 is 1.26 bits per heavy atom. The molecule has 0 saturated carbocycles. The molecular weight excluding hydrogens is 358 g/mol. The van der Waals surface area contributed by atoms with Crippen molar-refractivity contribution < 1.29 is 8.78 Å². The zero-order chi connectivity index (χ0) is 19.8. The van der Waals surface area contributed by atoms with Gasteiger partial charge in [-0.05, 0) is 31.2 Å². The van der Waals surface area contributed by atoms with Gasteiger partial charge in [0.2, 0.25) is 5.95 Å². The van der Waals surface area contributed by atoms with Crippen LogP contribution in [0.25, 0.3) is 0 Å². The van der Waals surface area contributed by atoms with E-state index < -0.39 is 12.5 Å². The number of rotatable bonds is 5. The van der Waals surface area contributed by atoms with Crippen molar-refractivity contribution in [1.82, 2.24) is 30.2 Å². The third-order valence-electron chi connectivity index (χ3n) is 4.00. The van der Waals surface area contributed by atoms with Crippen LogP contribution in [0.15, 0.2) is 0 Å². The Kier molecular flexibility index (Phi) is 4.74. The first-order chi connectivity index (χ1) is 12.5. The summed E-state index contributed by atoms with van der Waals surface area (Å²) in [6.45, 7) is 5.89. The number of alkyl halides is 2. The van der Waals surface area contributed by atoms with E-state index in [1.165, 1.54) is 9.58 Å². The molecule has 2 aromatic rings. The van der Waals surface area contributed by atoms with E-state index >= 15 is 0 Å². The number of hydrogen-bond acceptors (Lipinski definition) is 9. The van der Waals surface area contributed by atoms with Crippen molar-refractivity contribution >= 4 is 23.3 Å². The molecule has 0 aliphatic carbocycles. The monoisotopic (exact) mass is 382 g/mol. The zero-order valence-corrected chi connectivity index (χ0v) is 15.8. The molecule has 0 amide bonds. The van der Waals surface area contributed by atoms with Gasteiger partial charge >= 0.3 is 0 Å². The molecule has 0 bridgehead atoms. The van der Waals surface area contributed by atoms with Crippen LogP contribution in [-0.4, -0.2) is 54.7 Å². The number of aromatic nitrogens is 6. The summed E-state index contributed by atoms with van der Waals surface area (Å²) in [5.74, 6) is -1.25. The van der Waals surface area contributed by atoms with E-state index in [0.717, 1.165) is 0 Å². The van der Waals surface area contributed by atoms with Crippen molar-refractivity contribution in [2.24, 2.45) is 7.05 Å². The van der Waals surface area contributed by atoms with E-state index in [2.05, 4.69) is 36.1 Å². The molecule has 10 nitrogen and oxygen atoms in total. The van der Waals surface area contributed by atoms with Gasteiger partial charge in [-0.25, -0.2) is 13.5 Å². The first-order valence-electron chi connectivity index (χ1n) is 8.58. The lowest BCUT2D eigenvalue weighted by Crippen LogP contribution is -2.30. The summed E-state index contributed by atoms with van der Waals surface area (Å²) in [7, 11) is 1.71. The molecule has 3 heterocycles. The van der Waals surface area contributed by atoms with Crippen LogP contribution in [0.4, 0.5) is 32.1 Å². The molecule has 1 aliphatic rings. The summed E-state index contributed by atoms with van der Waals surface area (Å²) < 4.78 is 28.9. The Balaban J connectivity index is 1.92. The molecule has 0 radical (unpaired) electrons. The lowest BCUT2D eigenvalue weighted by Gasteiger charge is -2.25. The Bertz CT molecular complexity index is 813. The fourth-order valence-electron chi connectivity index (χ4n) is 2.70. The van der Waals surface area contributed by atoms with E-state index in [1.807, 2.05) is 20.8 Å². The predicted molar refractivity (Wildman–Crippen MR) is 97.7 cm³/mol. The van der Waals surface area contributed by atoms with Gasteiger partial charge in [-0.3, -0.25) is 0 Å². The summed E-state index contributed by atoms with van der Waals surface area (Å²) in [5, 5.41) is 17.5. The fraction of sp³-hybridized carbons (Fsp3) is 0.667. The molecule has 1 fully saturated rings. The van der Waals surface area contributed by atoms with Crippen molar-refractivity contribution in [1.29, 1.82) is 0 Å². The molecule has 12 heteroatoms. The van der Waals surface area contributed by atoms with Crippen LogP contribution in [0, 0.1) is 0 Å². The van der Waals surface area contributed by atoms with Crippen LogP contribution in [0.5, 0.6) is 0 Å². The van der Waals surface area contributed by atoms with E-state index in [-0.39, 0.29) is 36.6 Å². The summed E-state index contributed by atoms with van der Waals surface area (Å²) in [4.78, 5) is 10.3. The van der Waals surface area contributed by atoms with Crippen molar-refractivity contribution in [2.75, 3.05) is 34.4 Å². The second-order valence-corrected chi connectivity index (χ2v) is 7.61. The maximum absolute atomic E-state index is 13.7. The molecule has 2 aromatic heterocycles. The Morgan fingerprint density at radius 2 is 2.00 bits per heavy atom. The number of tetrazole rings is 1. The number of nitrogens with one attached hydrogen (secondary N) is 2. The van der Waals surface area contributed by atoms with Gasteiger partial charge in [-0.15, -0.1) is 5.10 Å². The average molecular weight is 382 g/mol. The molecule has 0 unspecified atom stereocenters. The van der Waals surface area contributed by atoms with Crippen LogP contribution in [-0.2, 0) is 13.6 Å². The van der Waals surface area contributed by atoms with E-state index in [9.17, 15) is 8.78 Å². The highest BCUT2D eigenvalue weighted by molar-refractivity contribution is 5.77. The predicted octanol–water partition coefficient (Wildman–Crippen LogP) is 1.25. The normalized spacial score (nSPS) is 16.6. The highest BCUT2D eigenvalue weighted by atomic mass is 19.3. The second-order valence-electron chi connectivity index (χ2n) is 7.61. The Morgan fingerprint density at radius 3 is 2.56 bits per heavy atom. The molecule has 148 valence electrons. The molecule has 0 spiro atoms. The number of anilines is 4. The van der Waals surface area contributed by atoms with Gasteiger partial charge in [-0.1, -0.05) is 0 Å². The smallest absolute Gasteiger partial charge is 0.266 e. The molecule has 0 atom stereocenters. The van der Waals surface area contributed by atoms with Crippen LogP contribution in [0.2, 0.25) is 0 Å². The highest BCUT2D eigenvalue weighted by Gasteiger charge is 2.40. The van der Waals surface area contributed by atoms with Crippen LogP contribution in [0.3, 0.4) is 0 Å². The largest absolute Gasteiger partial charge is 0.393 e. The number of hydrogen-bond donors (Lipinski definition) is 3. The highest BCUT2D eigenvalue weighted by Crippen LogP contribution is 2.36. The lowest BCUT2D eigenvalue weighted by molar-refractivity contribution is 0.0257. The number of nitrogens with two attached hydrogens (primary N) is 1. The summed E-state index contributed by atoms with van der Waals surface area (Å²) >= 11 is 0. The maximum Gasteiger partial charge on any atom is 0.266 e. The van der Waals surface area contributed by atoms with E-state index in [1.54, 1.807) is 7.05 Å². The number of nitrogen functional groups attached to an aromatic ring is 1. The third kappa shape index (κ3) is 4.49. The molecule has 4 N–H and O–H groups in total. The van der Waals surface area contributed by atoms with E-state index in [0.29, 0.717) is 17.6 Å². The quantitative estimate of drug-likeness (QED) is 0.701.